The molecule has 0 aliphatic carbocycles. The topological polar surface area (TPSA) is 61.8 Å². The Balaban J connectivity index is 1.70. The molecule has 134 valence electrons. The summed E-state index contributed by atoms with van der Waals surface area (Å²) in [5.74, 6) is -0.382. The molecule has 1 saturated heterocycles. The Labute approximate surface area is 165 Å². The van der Waals surface area contributed by atoms with Gasteiger partial charge in [-0.1, -0.05) is 53.2 Å². The number of carbonyl (C=O) groups is 2. The first kappa shape index (κ1) is 18.8. The van der Waals surface area contributed by atoms with E-state index in [9.17, 15) is 9.59 Å². The van der Waals surface area contributed by atoms with E-state index in [-0.39, 0.29) is 18.2 Å². The average molecular weight is 408 g/mol. The number of aliphatic imine (C=N–C) groups is 1. The minimum absolute atomic E-state index is 0.0675. The van der Waals surface area contributed by atoms with Crippen molar-refractivity contribution < 1.29 is 9.59 Å². The smallest absolute Gasteiger partial charge is 0.242 e. The fourth-order valence-corrected chi connectivity index (χ4v) is 4.08. The van der Waals surface area contributed by atoms with Gasteiger partial charge in [-0.3, -0.25) is 14.5 Å². The summed E-state index contributed by atoms with van der Waals surface area (Å²) in [5, 5.41) is 3.71. The van der Waals surface area contributed by atoms with Crippen LogP contribution in [0.1, 0.15) is 6.42 Å². The molecule has 1 aliphatic heterocycles. The van der Waals surface area contributed by atoms with Crippen LogP contribution in [0.15, 0.2) is 53.5 Å². The second kappa shape index (κ2) is 8.12. The maximum absolute atomic E-state index is 12.4. The lowest BCUT2D eigenvalue weighted by molar-refractivity contribution is -0.127. The number of para-hydroxylation sites is 1. The van der Waals surface area contributed by atoms with Crippen molar-refractivity contribution in [3.8, 4) is 0 Å². The van der Waals surface area contributed by atoms with Crippen LogP contribution in [0, 0.1) is 0 Å². The largest absolute Gasteiger partial charge is 0.326 e. The Bertz CT molecular complexity index is 854. The molecule has 3 rings (SSSR count). The van der Waals surface area contributed by atoms with Gasteiger partial charge in [0.05, 0.1) is 5.69 Å². The number of thioether (sulfide) groups is 1. The van der Waals surface area contributed by atoms with Crippen LogP contribution >= 0.6 is 35.0 Å². The highest BCUT2D eigenvalue weighted by molar-refractivity contribution is 8.15. The van der Waals surface area contributed by atoms with Crippen molar-refractivity contribution in [2.75, 3.05) is 12.4 Å². The van der Waals surface area contributed by atoms with E-state index in [1.807, 2.05) is 18.2 Å². The van der Waals surface area contributed by atoms with E-state index in [1.54, 1.807) is 37.4 Å². The SMILES string of the molecule is CN1C(=O)[C@@H](CC(=O)Nc2ccccc2)SC1=Nc1cc(Cl)cc(Cl)c1. The molecule has 0 saturated carbocycles. The second-order valence-corrected chi connectivity index (χ2v) is 7.69. The van der Waals surface area contributed by atoms with E-state index in [2.05, 4.69) is 10.3 Å². The Morgan fingerprint density at radius 3 is 2.50 bits per heavy atom. The van der Waals surface area contributed by atoms with Gasteiger partial charge < -0.3 is 5.32 Å². The Hall–Kier alpha value is -2.02. The summed E-state index contributed by atoms with van der Waals surface area (Å²) in [6.45, 7) is 0. The lowest BCUT2D eigenvalue weighted by Crippen LogP contribution is -2.30. The molecule has 2 aromatic carbocycles. The molecular weight excluding hydrogens is 393 g/mol. The average Bonchev–Trinajstić information content (AvgIpc) is 2.83. The maximum atomic E-state index is 12.4. The van der Waals surface area contributed by atoms with Crippen molar-refractivity contribution in [2.45, 2.75) is 11.7 Å². The second-order valence-electron chi connectivity index (χ2n) is 5.64. The molecule has 1 atom stereocenters. The third-order valence-corrected chi connectivity index (χ3v) is 5.31. The molecule has 5 nitrogen and oxygen atoms in total. The van der Waals surface area contributed by atoms with Crippen molar-refractivity contribution in [3.63, 3.8) is 0 Å². The highest BCUT2D eigenvalue weighted by atomic mass is 35.5. The zero-order chi connectivity index (χ0) is 18.7. The van der Waals surface area contributed by atoms with E-state index in [4.69, 9.17) is 23.2 Å². The Kier molecular flexibility index (Phi) is 5.86. The molecule has 1 fully saturated rings. The number of halogens is 2. The number of benzene rings is 2. The molecule has 0 aromatic heterocycles. The predicted octanol–water partition coefficient (Wildman–Crippen LogP) is 4.58. The van der Waals surface area contributed by atoms with Gasteiger partial charge in [-0.2, -0.15) is 0 Å². The van der Waals surface area contributed by atoms with Gasteiger partial charge in [0.2, 0.25) is 11.8 Å². The molecular formula is C18H15Cl2N3O2S. The molecule has 2 aromatic rings. The zero-order valence-corrected chi connectivity index (χ0v) is 16.1. The molecule has 1 N–H and O–H groups in total. The number of carbonyl (C=O) groups excluding carboxylic acids is 2. The van der Waals surface area contributed by atoms with Crippen LogP contribution in [-0.4, -0.2) is 34.2 Å². The zero-order valence-electron chi connectivity index (χ0n) is 13.8. The van der Waals surface area contributed by atoms with Crippen molar-refractivity contribution in [1.29, 1.82) is 0 Å². The number of nitrogens with one attached hydrogen (secondary N) is 1. The third-order valence-electron chi connectivity index (χ3n) is 3.64. The molecule has 0 bridgehead atoms. The number of amides is 2. The van der Waals surface area contributed by atoms with Crippen molar-refractivity contribution >= 4 is 63.3 Å². The summed E-state index contributed by atoms with van der Waals surface area (Å²) in [7, 11) is 1.63. The molecule has 0 unspecified atom stereocenters. The summed E-state index contributed by atoms with van der Waals surface area (Å²) in [4.78, 5) is 30.5. The van der Waals surface area contributed by atoms with Crippen LogP contribution in [0.4, 0.5) is 11.4 Å². The van der Waals surface area contributed by atoms with Crippen LogP contribution in [0.25, 0.3) is 0 Å². The predicted molar refractivity (Wildman–Crippen MR) is 107 cm³/mol. The number of hydrogen-bond acceptors (Lipinski definition) is 4. The molecule has 1 aliphatic rings. The Morgan fingerprint density at radius 1 is 1.19 bits per heavy atom. The molecule has 0 radical (unpaired) electrons. The van der Waals surface area contributed by atoms with Gasteiger partial charge in [-0.05, 0) is 30.3 Å². The Morgan fingerprint density at radius 2 is 1.85 bits per heavy atom. The molecule has 2 amide bonds. The van der Waals surface area contributed by atoms with E-state index in [1.165, 1.54) is 16.7 Å². The van der Waals surface area contributed by atoms with Crippen LogP contribution in [0.2, 0.25) is 10.0 Å². The van der Waals surface area contributed by atoms with E-state index < -0.39 is 5.25 Å². The molecule has 26 heavy (non-hydrogen) atoms. The van der Waals surface area contributed by atoms with Crippen LogP contribution in [0.5, 0.6) is 0 Å². The van der Waals surface area contributed by atoms with E-state index in [0.717, 1.165) is 0 Å². The minimum Gasteiger partial charge on any atom is -0.326 e. The standard InChI is InChI=1S/C18H15Cl2N3O2S/c1-23-17(25)15(10-16(24)21-13-5-3-2-4-6-13)26-18(23)22-14-8-11(19)7-12(20)9-14/h2-9,15H,10H2,1H3,(H,21,24)/t15-/m1/s1. The highest BCUT2D eigenvalue weighted by Gasteiger charge is 2.37. The molecule has 8 heteroatoms. The van der Waals surface area contributed by atoms with Crippen molar-refractivity contribution in [2.24, 2.45) is 4.99 Å². The first-order chi connectivity index (χ1) is 12.4. The van der Waals surface area contributed by atoms with Gasteiger partial charge >= 0.3 is 0 Å². The van der Waals surface area contributed by atoms with Crippen molar-refractivity contribution in [3.05, 3.63) is 58.6 Å². The number of anilines is 1. The first-order valence-electron chi connectivity index (χ1n) is 7.76. The molecule has 1 heterocycles. The number of nitrogens with zero attached hydrogens (tertiary/aromatic N) is 2. The van der Waals surface area contributed by atoms with Gasteiger partial charge in [0.15, 0.2) is 5.17 Å². The maximum Gasteiger partial charge on any atom is 0.242 e. The fraction of sp³-hybridized carbons (Fsp3) is 0.167. The van der Waals surface area contributed by atoms with Crippen LogP contribution in [0.3, 0.4) is 0 Å². The fourth-order valence-electron chi connectivity index (χ4n) is 2.41. The number of amidine groups is 1. The first-order valence-corrected chi connectivity index (χ1v) is 9.40. The van der Waals surface area contributed by atoms with Crippen LogP contribution < -0.4 is 5.32 Å². The van der Waals surface area contributed by atoms with Gasteiger partial charge in [0.25, 0.3) is 0 Å². The lowest BCUT2D eigenvalue weighted by atomic mass is 10.2. The number of hydrogen-bond donors (Lipinski definition) is 1. The summed E-state index contributed by atoms with van der Waals surface area (Å²) < 4.78 is 0. The van der Waals surface area contributed by atoms with Crippen molar-refractivity contribution in [1.82, 2.24) is 4.90 Å². The van der Waals surface area contributed by atoms with Gasteiger partial charge in [0, 0.05) is 29.2 Å². The lowest BCUT2D eigenvalue weighted by Gasteiger charge is -2.09. The summed E-state index contributed by atoms with van der Waals surface area (Å²) in [5.41, 5.74) is 1.25. The van der Waals surface area contributed by atoms with Gasteiger partial charge in [-0.25, -0.2) is 4.99 Å². The van der Waals surface area contributed by atoms with Gasteiger partial charge in [-0.15, -0.1) is 0 Å². The summed E-state index contributed by atoms with van der Waals surface area (Å²) in [6.07, 6.45) is 0.0675. The van der Waals surface area contributed by atoms with E-state index in [0.29, 0.717) is 26.6 Å². The van der Waals surface area contributed by atoms with E-state index >= 15 is 0 Å². The minimum atomic E-state index is -0.517. The van der Waals surface area contributed by atoms with Gasteiger partial charge in [0.1, 0.15) is 5.25 Å². The summed E-state index contributed by atoms with van der Waals surface area (Å²) in [6, 6.07) is 14.1. The summed E-state index contributed by atoms with van der Waals surface area (Å²) >= 11 is 13.2. The molecule has 0 spiro atoms. The third kappa shape index (κ3) is 4.58. The monoisotopic (exact) mass is 407 g/mol. The quantitative estimate of drug-likeness (QED) is 0.806. The highest BCUT2D eigenvalue weighted by Crippen LogP contribution is 2.32. The van der Waals surface area contributed by atoms with Crippen LogP contribution in [-0.2, 0) is 9.59 Å². The number of rotatable bonds is 4. The normalized spacial score (nSPS) is 18.4.